The Labute approximate surface area is 113 Å². The van der Waals surface area contributed by atoms with E-state index in [1.54, 1.807) is 18.2 Å². The number of carbonyl (C=O) groups is 1. The van der Waals surface area contributed by atoms with E-state index in [-0.39, 0.29) is 25.3 Å². The third-order valence-corrected chi connectivity index (χ3v) is 3.59. The molecule has 0 radical (unpaired) electrons. The molecule has 0 spiro atoms. The van der Waals surface area contributed by atoms with Crippen molar-refractivity contribution in [3.63, 3.8) is 0 Å². The number of benzene rings is 1. The van der Waals surface area contributed by atoms with E-state index in [0.717, 1.165) is 0 Å². The lowest BCUT2D eigenvalue weighted by atomic mass is 10.1. The van der Waals surface area contributed by atoms with Gasteiger partial charge in [0, 0.05) is 18.9 Å². The summed E-state index contributed by atoms with van der Waals surface area (Å²) in [6.45, 7) is 0.0210. The average Bonchev–Trinajstić information content (AvgIpc) is 2.89. The van der Waals surface area contributed by atoms with Gasteiger partial charge in [-0.25, -0.2) is 8.78 Å². The Morgan fingerprint density at radius 3 is 2.61 bits per heavy atom. The molecule has 1 aromatic carbocycles. The summed E-state index contributed by atoms with van der Waals surface area (Å²) < 4.78 is 25.2. The molecule has 6 heteroatoms. The number of nitrogens with one attached hydrogen (secondary N) is 1. The van der Waals surface area contributed by atoms with Crippen LogP contribution in [0.2, 0.25) is 10.0 Å². The van der Waals surface area contributed by atoms with Crippen LogP contribution >= 0.6 is 23.2 Å². The summed E-state index contributed by atoms with van der Waals surface area (Å²) >= 11 is 11.6. The molecule has 1 unspecified atom stereocenters. The van der Waals surface area contributed by atoms with Crippen molar-refractivity contribution in [2.45, 2.75) is 18.8 Å². The fraction of sp³-hybridized carbons (Fsp3) is 0.417. The highest BCUT2D eigenvalue weighted by Crippen LogP contribution is 2.47. The number of hydrogen-bond donors (Lipinski definition) is 1. The van der Waals surface area contributed by atoms with Gasteiger partial charge in [0.1, 0.15) is 0 Å². The van der Waals surface area contributed by atoms with E-state index in [1.165, 1.54) is 0 Å². The van der Waals surface area contributed by atoms with Gasteiger partial charge < -0.3 is 5.32 Å². The molecule has 18 heavy (non-hydrogen) atoms. The first kappa shape index (κ1) is 13.6. The predicted molar refractivity (Wildman–Crippen MR) is 66.2 cm³/mol. The van der Waals surface area contributed by atoms with Crippen LogP contribution in [0.5, 0.6) is 0 Å². The van der Waals surface area contributed by atoms with Gasteiger partial charge in [0.2, 0.25) is 5.91 Å². The van der Waals surface area contributed by atoms with Crippen LogP contribution in [0.3, 0.4) is 0 Å². The van der Waals surface area contributed by atoms with Gasteiger partial charge in [-0.05, 0) is 17.7 Å². The van der Waals surface area contributed by atoms with Crippen LogP contribution in [0, 0.1) is 5.92 Å². The maximum Gasteiger partial charge on any atom is 0.253 e. The van der Waals surface area contributed by atoms with E-state index in [0.29, 0.717) is 15.6 Å². The highest BCUT2D eigenvalue weighted by atomic mass is 35.5. The van der Waals surface area contributed by atoms with Gasteiger partial charge in [-0.2, -0.15) is 0 Å². The molecule has 0 saturated heterocycles. The molecule has 1 atom stereocenters. The summed E-state index contributed by atoms with van der Waals surface area (Å²) in [7, 11) is 0. The summed E-state index contributed by atoms with van der Waals surface area (Å²) in [5, 5.41) is 3.27. The first-order chi connectivity index (χ1) is 8.38. The van der Waals surface area contributed by atoms with Crippen LogP contribution in [0.1, 0.15) is 12.0 Å². The summed E-state index contributed by atoms with van der Waals surface area (Å²) in [5.41, 5.74) is 0.699. The lowest BCUT2D eigenvalue weighted by Gasteiger charge is -2.05. The Hall–Kier alpha value is -0.870. The molecule has 2 nitrogen and oxygen atoms in total. The van der Waals surface area contributed by atoms with Crippen molar-refractivity contribution in [2.24, 2.45) is 5.92 Å². The second-order valence-electron chi connectivity index (χ2n) is 4.39. The van der Waals surface area contributed by atoms with Gasteiger partial charge in [-0.15, -0.1) is 0 Å². The maximum atomic E-state index is 12.6. The quantitative estimate of drug-likeness (QED) is 0.907. The zero-order valence-corrected chi connectivity index (χ0v) is 10.9. The van der Waals surface area contributed by atoms with Crippen molar-refractivity contribution in [3.05, 3.63) is 33.8 Å². The predicted octanol–water partition coefficient (Wildman–Crippen LogP) is 3.31. The number of rotatable bonds is 4. The zero-order chi connectivity index (χ0) is 13.3. The Morgan fingerprint density at radius 2 is 2.06 bits per heavy atom. The molecule has 0 heterocycles. The normalized spacial score (nSPS) is 20.6. The van der Waals surface area contributed by atoms with E-state index in [4.69, 9.17) is 23.2 Å². The Kier molecular flexibility index (Phi) is 3.78. The van der Waals surface area contributed by atoms with E-state index < -0.39 is 11.8 Å². The summed E-state index contributed by atoms with van der Waals surface area (Å²) in [6, 6.07) is 4.87. The van der Waals surface area contributed by atoms with E-state index in [9.17, 15) is 13.6 Å². The van der Waals surface area contributed by atoms with Gasteiger partial charge >= 0.3 is 0 Å². The second-order valence-corrected chi connectivity index (χ2v) is 5.21. The largest absolute Gasteiger partial charge is 0.355 e. The Balaban J connectivity index is 1.82. The highest BCUT2D eigenvalue weighted by Gasteiger charge is 2.56. The van der Waals surface area contributed by atoms with Crippen molar-refractivity contribution in [1.82, 2.24) is 5.32 Å². The number of amides is 1. The van der Waals surface area contributed by atoms with Crippen molar-refractivity contribution in [2.75, 3.05) is 6.54 Å². The maximum absolute atomic E-state index is 12.6. The average molecular weight is 294 g/mol. The topological polar surface area (TPSA) is 29.1 Å². The minimum atomic E-state index is -2.60. The van der Waals surface area contributed by atoms with E-state index in [2.05, 4.69) is 5.32 Å². The molecule has 1 amide bonds. The van der Waals surface area contributed by atoms with Gasteiger partial charge in [0.15, 0.2) is 0 Å². The van der Waals surface area contributed by atoms with Crippen LogP contribution in [0.4, 0.5) is 8.78 Å². The molecule has 1 N–H and O–H groups in total. The Morgan fingerprint density at radius 1 is 1.39 bits per heavy atom. The Bertz CT molecular complexity index is 479. The number of alkyl halides is 2. The molecule has 1 aromatic rings. The molecule has 0 aliphatic heterocycles. The fourth-order valence-corrected chi connectivity index (χ4v) is 1.95. The molecular formula is C12H11Cl2F2NO. The first-order valence-corrected chi connectivity index (χ1v) is 6.22. The summed E-state index contributed by atoms with van der Waals surface area (Å²) in [6.07, 6.45) is -0.0325. The van der Waals surface area contributed by atoms with Gasteiger partial charge in [0.25, 0.3) is 5.92 Å². The van der Waals surface area contributed by atoms with Crippen molar-refractivity contribution in [3.8, 4) is 0 Å². The molecular weight excluding hydrogens is 283 g/mol. The molecule has 0 aromatic heterocycles. The number of hydrogen-bond acceptors (Lipinski definition) is 1. The minimum absolute atomic E-state index is 0.0210. The fourth-order valence-electron chi connectivity index (χ4n) is 1.63. The van der Waals surface area contributed by atoms with E-state index in [1.807, 2.05) is 0 Å². The molecule has 98 valence electrons. The smallest absolute Gasteiger partial charge is 0.253 e. The second kappa shape index (κ2) is 5.02. The van der Waals surface area contributed by atoms with Gasteiger partial charge in [0.05, 0.1) is 16.5 Å². The molecule has 1 aliphatic rings. The highest BCUT2D eigenvalue weighted by molar-refractivity contribution is 6.42. The van der Waals surface area contributed by atoms with E-state index >= 15 is 0 Å². The lowest BCUT2D eigenvalue weighted by molar-refractivity contribution is -0.120. The van der Waals surface area contributed by atoms with Crippen molar-refractivity contribution in [1.29, 1.82) is 0 Å². The van der Waals surface area contributed by atoms with Crippen LogP contribution < -0.4 is 5.32 Å². The summed E-state index contributed by atoms with van der Waals surface area (Å²) in [4.78, 5) is 11.5. The zero-order valence-electron chi connectivity index (χ0n) is 9.35. The monoisotopic (exact) mass is 293 g/mol. The van der Waals surface area contributed by atoms with Gasteiger partial charge in [-0.3, -0.25) is 4.79 Å². The standard InChI is InChI=1S/C12H11Cl2F2NO/c13-9-2-1-7(3-10(9)14)4-11(18)17-6-8-5-12(8,15)16/h1-3,8H,4-6H2,(H,17,18). The third kappa shape index (κ3) is 3.33. The van der Waals surface area contributed by atoms with Crippen LogP contribution in [-0.2, 0) is 11.2 Å². The summed E-state index contributed by atoms with van der Waals surface area (Å²) in [5.74, 6) is -3.61. The van der Waals surface area contributed by atoms with Crippen LogP contribution in [0.15, 0.2) is 18.2 Å². The minimum Gasteiger partial charge on any atom is -0.355 e. The van der Waals surface area contributed by atoms with Crippen molar-refractivity contribution >= 4 is 29.1 Å². The van der Waals surface area contributed by atoms with Crippen LogP contribution in [0.25, 0.3) is 0 Å². The number of halogens is 4. The number of carbonyl (C=O) groups excluding carboxylic acids is 1. The first-order valence-electron chi connectivity index (χ1n) is 5.47. The molecule has 1 fully saturated rings. The molecule has 1 saturated carbocycles. The molecule has 2 rings (SSSR count). The van der Waals surface area contributed by atoms with Gasteiger partial charge in [-0.1, -0.05) is 29.3 Å². The molecule has 1 aliphatic carbocycles. The lowest BCUT2D eigenvalue weighted by Crippen LogP contribution is -2.28. The van der Waals surface area contributed by atoms with Crippen molar-refractivity contribution < 1.29 is 13.6 Å². The molecule has 0 bridgehead atoms. The third-order valence-electron chi connectivity index (χ3n) is 2.85. The SMILES string of the molecule is O=C(Cc1ccc(Cl)c(Cl)c1)NCC1CC1(F)F. The van der Waals surface area contributed by atoms with Crippen LogP contribution in [-0.4, -0.2) is 18.4 Å².